The summed E-state index contributed by atoms with van der Waals surface area (Å²) >= 11 is 3.38. The topological polar surface area (TPSA) is 77.0 Å². The van der Waals surface area contributed by atoms with Crippen molar-refractivity contribution in [3.63, 3.8) is 0 Å². The number of halogens is 1. The van der Waals surface area contributed by atoms with Gasteiger partial charge in [0.15, 0.2) is 6.61 Å². The van der Waals surface area contributed by atoms with Crippen molar-refractivity contribution in [2.45, 2.75) is 6.92 Å². The highest BCUT2D eigenvalue weighted by Crippen LogP contribution is 2.22. The first-order chi connectivity index (χ1) is 15.5. The predicted octanol–water partition coefficient (Wildman–Crippen LogP) is 4.91. The van der Waals surface area contributed by atoms with Gasteiger partial charge in [-0.2, -0.15) is 5.10 Å². The van der Waals surface area contributed by atoms with Gasteiger partial charge in [-0.25, -0.2) is 10.2 Å². The Labute approximate surface area is 194 Å². The molecule has 0 saturated heterocycles. The van der Waals surface area contributed by atoms with Gasteiger partial charge in [-0.05, 0) is 54.5 Å². The fourth-order valence-corrected chi connectivity index (χ4v) is 3.02. The molecule has 0 atom stereocenters. The molecule has 0 aliphatic carbocycles. The molecule has 3 rings (SSSR count). The van der Waals surface area contributed by atoms with E-state index in [9.17, 15) is 9.59 Å². The number of benzene rings is 3. The summed E-state index contributed by atoms with van der Waals surface area (Å²) in [5, 5.41) is 3.94. The minimum Gasteiger partial charge on any atom is -0.484 e. The van der Waals surface area contributed by atoms with E-state index in [-0.39, 0.29) is 6.61 Å². The highest BCUT2D eigenvalue weighted by atomic mass is 79.9. The zero-order valence-electron chi connectivity index (χ0n) is 17.3. The molecule has 3 aromatic carbocycles. The number of nitrogens with one attached hydrogen (secondary N) is 1. The summed E-state index contributed by atoms with van der Waals surface area (Å²) in [6.07, 6.45) is 4.42. The Kier molecular flexibility index (Phi) is 8.34. The first-order valence-electron chi connectivity index (χ1n) is 9.75. The lowest BCUT2D eigenvalue weighted by Gasteiger charge is -2.07. The van der Waals surface area contributed by atoms with Crippen LogP contribution in [0.4, 0.5) is 0 Å². The monoisotopic (exact) mass is 492 g/mol. The minimum atomic E-state index is -0.526. The molecule has 0 fully saturated rings. The number of nitrogens with zero attached hydrogens (tertiary/aromatic N) is 1. The molecule has 0 radical (unpaired) electrons. The maximum atomic E-state index is 12.2. The van der Waals surface area contributed by atoms with Crippen molar-refractivity contribution in [2.75, 3.05) is 6.61 Å². The van der Waals surface area contributed by atoms with Crippen LogP contribution in [-0.4, -0.2) is 24.7 Å². The predicted molar refractivity (Wildman–Crippen MR) is 128 cm³/mol. The van der Waals surface area contributed by atoms with Gasteiger partial charge < -0.3 is 9.47 Å². The molecule has 32 heavy (non-hydrogen) atoms. The molecule has 7 heteroatoms. The lowest BCUT2D eigenvalue weighted by molar-refractivity contribution is -0.129. The molecule has 0 spiro atoms. The van der Waals surface area contributed by atoms with Gasteiger partial charge in [0.05, 0.1) is 6.21 Å². The van der Waals surface area contributed by atoms with E-state index in [4.69, 9.17) is 9.47 Å². The van der Waals surface area contributed by atoms with E-state index in [2.05, 4.69) is 26.5 Å². The van der Waals surface area contributed by atoms with Crippen molar-refractivity contribution < 1.29 is 19.1 Å². The first-order valence-corrected chi connectivity index (χ1v) is 10.5. The van der Waals surface area contributed by atoms with Crippen molar-refractivity contribution in [3.05, 3.63) is 100 Å². The Morgan fingerprint density at radius 1 is 1.03 bits per heavy atom. The molecule has 1 N–H and O–H groups in total. The summed E-state index contributed by atoms with van der Waals surface area (Å²) in [6, 6.07) is 21.9. The number of hydrogen-bond acceptors (Lipinski definition) is 5. The molecule has 1 amide bonds. The number of rotatable bonds is 8. The van der Waals surface area contributed by atoms with E-state index in [1.807, 2.05) is 55.5 Å². The first kappa shape index (κ1) is 23.0. The van der Waals surface area contributed by atoms with E-state index in [0.717, 1.165) is 15.6 Å². The molecule has 0 aliphatic heterocycles. The molecule has 6 nitrogen and oxygen atoms in total. The number of carbonyl (C=O) groups is 2. The minimum absolute atomic E-state index is 0.175. The number of ether oxygens (including phenoxy) is 2. The van der Waals surface area contributed by atoms with Crippen molar-refractivity contribution in [2.24, 2.45) is 5.10 Å². The van der Waals surface area contributed by atoms with Gasteiger partial charge in [0, 0.05) is 16.1 Å². The third-order valence-electron chi connectivity index (χ3n) is 4.15. The highest BCUT2D eigenvalue weighted by Gasteiger charge is 2.08. The van der Waals surface area contributed by atoms with E-state index in [1.54, 1.807) is 30.3 Å². The number of hydrazone groups is 1. The summed E-state index contributed by atoms with van der Waals surface area (Å²) in [5.74, 6) is -0.0256. The van der Waals surface area contributed by atoms with Gasteiger partial charge in [-0.15, -0.1) is 0 Å². The second kappa shape index (κ2) is 11.6. The maximum absolute atomic E-state index is 12.2. The van der Waals surface area contributed by atoms with Gasteiger partial charge in [0.25, 0.3) is 5.91 Å². The molecule has 0 heterocycles. The molecule has 162 valence electrons. The van der Waals surface area contributed by atoms with Crippen molar-refractivity contribution >= 4 is 40.1 Å². The van der Waals surface area contributed by atoms with E-state index in [1.165, 1.54) is 12.3 Å². The number of carbonyl (C=O) groups excluding carboxylic acids is 2. The fraction of sp³-hybridized carbons (Fsp3) is 0.0800. The molecular weight excluding hydrogens is 472 g/mol. The zero-order chi connectivity index (χ0) is 22.8. The normalized spacial score (nSPS) is 10.9. The summed E-state index contributed by atoms with van der Waals surface area (Å²) in [5.41, 5.74) is 4.84. The Morgan fingerprint density at radius 2 is 1.84 bits per heavy atom. The Hall–Kier alpha value is -3.71. The third-order valence-corrected chi connectivity index (χ3v) is 4.64. The standard InChI is InChI=1S/C25H21BrN2O4/c1-18-6-5-9-22(14-18)31-17-24(29)28-27-16-20-15-21(26)11-12-23(20)32-25(30)13-10-19-7-3-2-4-8-19/h2-16H,17H2,1H3,(H,28,29). The number of aryl methyl sites for hydroxylation is 1. The molecule has 3 aromatic rings. The van der Waals surface area contributed by atoms with Crippen LogP contribution in [0.15, 0.2) is 88.4 Å². The second-order valence-corrected chi connectivity index (χ2v) is 7.66. The largest absolute Gasteiger partial charge is 0.484 e. The fourth-order valence-electron chi connectivity index (χ4n) is 2.64. The van der Waals surface area contributed by atoms with Crippen LogP contribution in [0.25, 0.3) is 6.08 Å². The van der Waals surface area contributed by atoms with Gasteiger partial charge in [-0.3, -0.25) is 4.79 Å². The smallest absolute Gasteiger partial charge is 0.336 e. The Bertz CT molecular complexity index is 1140. The molecule has 0 unspecified atom stereocenters. The highest BCUT2D eigenvalue weighted by molar-refractivity contribution is 9.10. The van der Waals surface area contributed by atoms with Crippen LogP contribution in [0.2, 0.25) is 0 Å². The lowest BCUT2D eigenvalue weighted by atomic mass is 10.2. The molecular formula is C25H21BrN2O4. The number of amides is 1. The number of hydrogen-bond donors (Lipinski definition) is 1. The maximum Gasteiger partial charge on any atom is 0.336 e. The van der Waals surface area contributed by atoms with Crippen LogP contribution in [0.3, 0.4) is 0 Å². The van der Waals surface area contributed by atoms with Crippen molar-refractivity contribution in [3.8, 4) is 11.5 Å². The molecule has 0 bridgehead atoms. The van der Waals surface area contributed by atoms with Gasteiger partial charge >= 0.3 is 5.97 Å². The third kappa shape index (κ3) is 7.52. The summed E-state index contributed by atoms with van der Waals surface area (Å²) in [4.78, 5) is 24.2. The van der Waals surface area contributed by atoms with E-state index >= 15 is 0 Å². The van der Waals surface area contributed by atoms with Crippen LogP contribution in [0.5, 0.6) is 11.5 Å². The quantitative estimate of drug-likeness (QED) is 0.159. The van der Waals surface area contributed by atoms with Crippen molar-refractivity contribution in [1.29, 1.82) is 0 Å². The van der Waals surface area contributed by atoms with Gasteiger partial charge in [-0.1, -0.05) is 58.4 Å². The average molecular weight is 493 g/mol. The van der Waals surface area contributed by atoms with E-state index < -0.39 is 11.9 Å². The van der Waals surface area contributed by atoms with Crippen LogP contribution in [0.1, 0.15) is 16.7 Å². The SMILES string of the molecule is Cc1cccc(OCC(=O)NN=Cc2cc(Br)ccc2OC(=O)C=Cc2ccccc2)c1. The second-order valence-electron chi connectivity index (χ2n) is 6.75. The molecule has 0 aromatic heterocycles. The van der Waals surface area contributed by atoms with Crippen LogP contribution in [-0.2, 0) is 9.59 Å². The van der Waals surface area contributed by atoms with Crippen LogP contribution >= 0.6 is 15.9 Å². The van der Waals surface area contributed by atoms with Crippen LogP contribution < -0.4 is 14.9 Å². The van der Waals surface area contributed by atoms with Crippen LogP contribution in [0, 0.1) is 6.92 Å². The van der Waals surface area contributed by atoms with Crippen molar-refractivity contribution in [1.82, 2.24) is 5.43 Å². The summed E-state index contributed by atoms with van der Waals surface area (Å²) in [6.45, 7) is 1.77. The Morgan fingerprint density at radius 3 is 2.62 bits per heavy atom. The van der Waals surface area contributed by atoms with E-state index in [0.29, 0.717) is 17.1 Å². The molecule has 0 aliphatic rings. The Balaban J connectivity index is 1.58. The summed E-state index contributed by atoms with van der Waals surface area (Å²) in [7, 11) is 0. The van der Waals surface area contributed by atoms with Gasteiger partial charge in [0.1, 0.15) is 11.5 Å². The number of esters is 1. The lowest BCUT2D eigenvalue weighted by Crippen LogP contribution is -2.24. The molecule has 0 saturated carbocycles. The summed E-state index contributed by atoms with van der Waals surface area (Å²) < 4.78 is 11.6. The van der Waals surface area contributed by atoms with Gasteiger partial charge in [0.2, 0.25) is 0 Å². The average Bonchev–Trinajstić information content (AvgIpc) is 2.79. The zero-order valence-corrected chi connectivity index (χ0v) is 18.9.